The molecule has 1 fully saturated rings. The summed E-state index contributed by atoms with van der Waals surface area (Å²) in [6.07, 6.45) is 1.49. The van der Waals surface area contributed by atoms with Crippen LogP contribution in [0, 0.1) is 0 Å². The molecule has 6 nitrogen and oxygen atoms in total. The summed E-state index contributed by atoms with van der Waals surface area (Å²) in [5.74, 6) is -2.81. The lowest BCUT2D eigenvalue weighted by atomic mass is 10.1. The number of amides is 1. The normalized spacial score (nSPS) is 14.6. The maximum Gasteiger partial charge on any atom is 0.282 e. The quantitative estimate of drug-likeness (QED) is 0.674. The van der Waals surface area contributed by atoms with Gasteiger partial charge in [0.2, 0.25) is 0 Å². The third-order valence-electron chi connectivity index (χ3n) is 4.02. The molecule has 9 heteroatoms. The molecule has 4 heterocycles. The van der Waals surface area contributed by atoms with Gasteiger partial charge in [0.25, 0.3) is 11.8 Å². The van der Waals surface area contributed by atoms with Crippen molar-refractivity contribution in [3.05, 3.63) is 53.2 Å². The van der Waals surface area contributed by atoms with Gasteiger partial charge in [0.15, 0.2) is 0 Å². The molecule has 3 aromatic rings. The SMILES string of the molecule is CC.O=C(NCc1cc(-c2cccs2)n[nH]1)c1cccnc1N1CC(F)(F)C1. The molecule has 0 aliphatic carbocycles. The van der Waals surface area contributed by atoms with Gasteiger partial charge < -0.3 is 10.2 Å². The Labute approximate surface area is 165 Å². The fourth-order valence-electron chi connectivity index (χ4n) is 2.76. The van der Waals surface area contributed by atoms with Gasteiger partial charge >= 0.3 is 0 Å². The second-order valence-electron chi connectivity index (χ2n) is 6.02. The maximum absolute atomic E-state index is 13.1. The highest BCUT2D eigenvalue weighted by atomic mass is 32.1. The van der Waals surface area contributed by atoms with Gasteiger partial charge in [-0.1, -0.05) is 19.9 Å². The van der Waals surface area contributed by atoms with E-state index in [-0.39, 0.29) is 23.8 Å². The van der Waals surface area contributed by atoms with E-state index >= 15 is 0 Å². The first-order valence-electron chi connectivity index (χ1n) is 8.96. The van der Waals surface area contributed by atoms with Crippen LogP contribution < -0.4 is 10.2 Å². The summed E-state index contributed by atoms with van der Waals surface area (Å²) >= 11 is 1.58. The fraction of sp³-hybridized carbons (Fsp3) is 0.316. The predicted molar refractivity (Wildman–Crippen MR) is 106 cm³/mol. The minimum Gasteiger partial charge on any atom is -0.346 e. The van der Waals surface area contributed by atoms with E-state index in [1.54, 1.807) is 23.5 Å². The van der Waals surface area contributed by atoms with E-state index < -0.39 is 19.0 Å². The molecule has 3 aromatic heterocycles. The third-order valence-corrected chi connectivity index (χ3v) is 4.91. The molecule has 0 unspecified atom stereocenters. The number of rotatable bonds is 5. The number of halogens is 2. The van der Waals surface area contributed by atoms with Crippen LogP contribution in [0.4, 0.5) is 14.6 Å². The van der Waals surface area contributed by atoms with Crippen LogP contribution in [0.5, 0.6) is 0 Å². The molecule has 2 N–H and O–H groups in total. The van der Waals surface area contributed by atoms with E-state index in [9.17, 15) is 13.6 Å². The summed E-state index contributed by atoms with van der Waals surface area (Å²) in [4.78, 5) is 19.0. The van der Waals surface area contributed by atoms with Gasteiger partial charge in [-0.2, -0.15) is 5.10 Å². The number of aromatic nitrogens is 3. The first-order chi connectivity index (χ1) is 13.5. The summed E-state index contributed by atoms with van der Waals surface area (Å²) in [5.41, 5.74) is 1.85. The van der Waals surface area contributed by atoms with E-state index in [1.165, 1.54) is 11.1 Å². The van der Waals surface area contributed by atoms with Crippen molar-refractivity contribution in [3.63, 3.8) is 0 Å². The van der Waals surface area contributed by atoms with Crippen molar-refractivity contribution in [2.24, 2.45) is 0 Å². The van der Waals surface area contributed by atoms with E-state index in [0.29, 0.717) is 0 Å². The molecule has 1 aliphatic heterocycles. The number of aromatic amines is 1. The van der Waals surface area contributed by atoms with Crippen molar-refractivity contribution in [3.8, 4) is 10.6 Å². The summed E-state index contributed by atoms with van der Waals surface area (Å²) < 4.78 is 26.2. The van der Waals surface area contributed by atoms with Crippen LogP contribution in [0.15, 0.2) is 41.9 Å². The Kier molecular flexibility index (Phi) is 6.03. The zero-order valence-corrected chi connectivity index (χ0v) is 16.4. The zero-order valence-electron chi connectivity index (χ0n) is 15.6. The van der Waals surface area contributed by atoms with Crippen molar-refractivity contribution >= 4 is 23.1 Å². The van der Waals surface area contributed by atoms with Crippen molar-refractivity contribution in [1.82, 2.24) is 20.5 Å². The van der Waals surface area contributed by atoms with Crippen LogP contribution >= 0.6 is 11.3 Å². The van der Waals surface area contributed by atoms with Gasteiger partial charge in [0, 0.05) is 6.20 Å². The van der Waals surface area contributed by atoms with Gasteiger partial charge in [0.05, 0.1) is 35.8 Å². The minimum absolute atomic E-state index is 0.252. The number of alkyl halides is 2. The van der Waals surface area contributed by atoms with Gasteiger partial charge in [0.1, 0.15) is 11.5 Å². The first-order valence-corrected chi connectivity index (χ1v) is 9.84. The number of hydrogen-bond donors (Lipinski definition) is 2. The summed E-state index contributed by atoms with van der Waals surface area (Å²) in [6.45, 7) is 3.41. The lowest BCUT2D eigenvalue weighted by Crippen LogP contribution is -2.57. The molecular formula is C19H21F2N5OS. The van der Waals surface area contributed by atoms with Crippen molar-refractivity contribution in [2.45, 2.75) is 26.3 Å². The van der Waals surface area contributed by atoms with Crippen molar-refractivity contribution < 1.29 is 13.6 Å². The van der Waals surface area contributed by atoms with E-state index in [4.69, 9.17) is 0 Å². The van der Waals surface area contributed by atoms with Crippen LogP contribution in [0.3, 0.4) is 0 Å². The van der Waals surface area contributed by atoms with E-state index in [1.807, 2.05) is 37.4 Å². The highest BCUT2D eigenvalue weighted by Crippen LogP contribution is 2.32. The average molecular weight is 405 g/mol. The van der Waals surface area contributed by atoms with Gasteiger partial charge in [-0.3, -0.25) is 9.89 Å². The molecular weight excluding hydrogens is 384 g/mol. The van der Waals surface area contributed by atoms with Gasteiger partial charge in [-0.05, 0) is 29.6 Å². The number of thiophene rings is 1. The molecule has 148 valence electrons. The molecule has 28 heavy (non-hydrogen) atoms. The number of pyridine rings is 1. The molecule has 0 radical (unpaired) electrons. The standard InChI is InChI=1S/C17H15F2N5OS.C2H6/c18-17(19)9-24(10-17)15-12(3-1-5-20-15)16(25)21-8-11-7-13(23-22-11)14-4-2-6-26-14;1-2/h1-7H,8-10H2,(H,21,25)(H,22,23);1-2H3. The third kappa shape index (κ3) is 4.36. The predicted octanol–water partition coefficient (Wildman–Crippen LogP) is 3.94. The van der Waals surface area contributed by atoms with Gasteiger partial charge in [-0.25, -0.2) is 13.8 Å². The Morgan fingerprint density at radius 3 is 2.79 bits per heavy atom. The maximum atomic E-state index is 13.1. The number of carbonyl (C=O) groups excluding carboxylic acids is 1. The molecule has 0 saturated carbocycles. The number of hydrogen-bond acceptors (Lipinski definition) is 5. The lowest BCUT2D eigenvalue weighted by molar-refractivity contribution is -0.0267. The van der Waals surface area contributed by atoms with Crippen molar-refractivity contribution in [1.29, 1.82) is 0 Å². The molecule has 0 spiro atoms. The first kappa shape index (κ1) is 19.9. The highest BCUT2D eigenvalue weighted by Gasteiger charge is 2.45. The molecule has 1 amide bonds. The smallest absolute Gasteiger partial charge is 0.282 e. The summed E-state index contributed by atoms with van der Waals surface area (Å²) in [7, 11) is 0. The molecule has 0 atom stereocenters. The molecule has 1 saturated heterocycles. The van der Waals surface area contributed by atoms with Crippen LogP contribution in [0.1, 0.15) is 29.9 Å². The van der Waals surface area contributed by atoms with Crippen LogP contribution in [0.2, 0.25) is 0 Å². The Bertz CT molecular complexity index is 918. The average Bonchev–Trinajstić information content (AvgIpc) is 3.37. The van der Waals surface area contributed by atoms with E-state index in [0.717, 1.165) is 16.3 Å². The summed E-state index contributed by atoms with van der Waals surface area (Å²) in [5, 5.41) is 11.9. The Balaban J connectivity index is 0.00000109. The number of carbonyl (C=O) groups is 1. The fourth-order valence-corrected chi connectivity index (χ4v) is 3.45. The lowest BCUT2D eigenvalue weighted by Gasteiger charge is -2.40. The monoisotopic (exact) mass is 405 g/mol. The van der Waals surface area contributed by atoms with Crippen LogP contribution in [-0.4, -0.2) is 40.1 Å². The Morgan fingerprint density at radius 1 is 1.32 bits per heavy atom. The Hall–Kier alpha value is -2.81. The van der Waals surface area contributed by atoms with Crippen LogP contribution in [-0.2, 0) is 6.54 Å². The Morgan fingerprint density at radius 2 is 2.11 bits per heavy atom. The van der Waals surface area contributed by atoms with Gasteiger partial charge in [-0.15, -0.1) is 11.3 Å². The second kappa shape index (κ2) is 8.47. The number of nitrogens with zero attached hydrogens (tertiary/aromatic N) is 3. The number of H-pyrrole nitrogens is 1. The largest absolute Gasteiger partial charge is 0.346 e. The number of nitrogens with one attached hydrogen (secondary N) is 2. The molecule has 0 bridgehead atoms. The highest BCUT2D eigenvalue weighted by molar-refractivity contribution is 7.13. The van der Waals surface area contributed by atoms with E-state index in [2.05, 4.69) is 20.5 Å². The number of anilines is 1. The van der Waals surface area contributed by atoms with Crippen LogP contribution in [0.25, 0.3) is 10.6 Å². The minimum atomic E-state index is -2.72. The zero-order chi connectivity index (χ0) is 20.1. The second-order valence-corrected chi connectivity index (χ2v) is 6.97. The van der Waals surface area contributed by atoms with Crippen molar-refractivity contribution in [2.75, 3.05) is 18.0 Å². The topological polar surface area (TPSA) is 73.9 Å². The summed E-state index contributed by atoms with van der Waals surface area (Å²) in [6, 6.07) is 8.97. The molecule has 0 aromatic carbocycles. The molecule has 4 rings (SSSR count). The molecule has 1 aliphatic rings.